The highest BCUT2D eigenvalue weighted by molar-refractivity contribution is 5.16. The van der Waals surface area contributed by atoms with Crippen LogP contribution in [0.15, 0.2) is 30.3 Å². The summed E-state index contributed by atoms with van der Waals surface area (Å²) in [5.41, 5.74) is 2.25. The minimum Gasteiger partial charge on any atom is -0.296 e. The molecule has 2 fully saturated rings. The lowest BCUT2D eigenvalue weighted by atomic mass is 9.98. The molecule has 2 aliphatic rings. The quantitative estimate of drug-likeness (QED) is 0.804. The maximum absolute atomic E-state index is 2.75. The van der Waals surface area contributed by atoms with E-state index in [-0.39, 0.29) is 0 Å². The Morgan fingerprint density at radius 2 is 1.74 bits per heavy atom. The van der Waals surface area contributed by atoms with Crippen LogP contribution in [0.2, 0.25) is 0 Å². The van der Waals surface area contributed by atoms with Gasteiger partial charge in [0.2, 0.25) is 0 Å². The first-order valence-corrected chi connectivity index (χ1v) is 7.54. The van der Waals surface area contributed by atoms with E-state index in [1.807, 2.05) is 0 Å². The van der Waals surface area contributed by atoms with E-state index in [9.17, 15) is 0 Å². The Bertz CT molecular complexity index is 428. The highest BCUT2D eigenvalue weighted by Crippen LogP contribution is 2.47. The molecule has 0 radical (unpaired) electrons. The van der Waals surface area contributed by atoms with Gasteiger partial charge in [0.15, 0.2) is 0 Å². The Kier molecular flexibility index (Phi) is 3.18. The maximum atomic E-state index is 2.75. The second-order valence-electron chi connectivity index (χ2n) is 7.24. The van der Waals surface area contributed by atoms with Crippen LogP contribution in [0.1, 0.15) is 39.2 Å². The molecule has 1 aliphatic carbocycles. The van der Waals surface area contributed by atoms with Crippen molar-refractivity contribution in [3.63, 3.8) is 0 Å². The third-order valence-corrected chi connectivity index (χ3v) is 4.62. The summed E-state index contributed by atoms with van der Waals surface area (Å²) in [6, 6.07) is 10.9. The van der Waals surface area contributed by atoms with Crippen molar-refractivity contribution in [2.45, 2.75) is 51.2 Å². The van der Waals surface area contributed by atoms with Crippen LogP contribution in [0.5, 0.6) is 0 Å². The predicted octanol–water partition coefficient (Wildman–Crippen LogP) is 3.14. The van der Waals surface area contributed by atoms with Crippen molar-refractivity contribution in [3.05, 3.63) is 35.9 Å². The van der Waals surface area contributed by atoms with Gasteiger partial charge in [-0.05, 0) is 39.2 Å². The fourth-order valence-electron chi connectivity index (χ4n) is 3.66. The Labute approximate surface area is 117 Å². The zero-order valence-corrected chi connectivity index (χ0v) is 12.5. The third kappa shape index (κ3) is 2.70. The summed E-state index contributed by atoms with van der Waals surface area (Å²) in [4.78, 5) is 5.39. The minimum absolute atomic E-state index is 0.315. The molecule has 104 valence electrons. The van der Waals surface area contributed by atoms with Gasteiger partial charge in [0.1, 0.15) is 0 Å². The van der Waals surface area contributed by atoms with Crippen molar-refractivity contribution < 1.29 is 0 Å². The van der Waals surface area contributed by atoms with Gasteiger partial charge in [0.05, 0.1) is 0 Å². The van der Waals surface area contributed by atoms with Crippen molar-refractivity contribution in [1.29, 1.82) is 0 Å². The second-order valence-corrected chi connectivity index (χ2v) is 7.24. The summed E-state index contributed by atoms with van der Waals surface area (Å²) in [6.45, 7) is 11.9. The van der Waals surface area contributed by atoms with Crippen LogP contribution >= 0.6 is 0 Å². The van der Waals surface area contributed by atoms with E-state index >= 15 is 0 Å². The normalized spacial score (nSPS) is 23.7. The van der Waals surface area contributed by atoms with Gasteiger partial charge >= 0.3 is 0 Å². The molecule has 19 heavy (non-hydrogen) atoms. The second kappa shape index (κ2) is 4.60. The fourth-order valence-corrected chi connectivity index (χ4v) is 3.66. The van der Waals surface area contributed by atoms with Crippen molar-refractivity contribution >= 4 is 0 Å². The molecule has 2 nitrogen and oxygen atoms in total. The molecule has 1 aromatic carbocycles. The predicted molar refractivity (Wildman–Crippen MR) is 80.1 cm³/mol. The summed E-state index contributed by atoms with van der Waals surface area (Å²) in [5.74, 6) is 0. The lowest BCUT2D eigenvalue weighted by Crippen LogP contribution is -2.60. The number of benzene rings is 1. The molecule has 0 N–H and O–H groups in total. The van der Waals surface area contributed by atoms with Gasteiger partial charge in [-0.15, -0.1) is 0 Å². The lowest BCUT2D eigenvalue weighted by Gasteiger charge is -2.49. The summed E-state index contributed by atoms with van der Waals surface area (Å²) >= 11 is 0. The Hall–Kier alpha value is -0.860. The van der Waals surface area contributed by atoms with Gasteiger partial charge in [0, 0.05) is 37.3 Å². The molecule has 1 aromatic rings. The molecule has 1 heterocycles. The van der Waals surface area contributed by atoms with Gasteiger partial charge < -0.3 is 0 Å². The smallest absolute Gasteiger partial charge is 0.0343 e. The van der Waals surface area contributed by atoms with Crippen LogP contribution < -0.4 is 0 Å². The molecule has 1 saturated carbocycles. The van der Waals surface area contributed by atoms with Crippen molar-refractivity contribution in [3.8, 4) is 0 Å². The molecule has 0 amide bonds. The van der Waals surface area contributed by atoms with Gasteiger partial charge in [-0.2, -0.15) is 0 Å². The van der Waals surface area contributed by atoms with Crippen LogP contribution in [0.25, 0.3) is 0 Å². The first-order valence-electron chi connectivity index (χ1n) is 7.54. The van der Waals surface area contributed by atoms with E-state index in [1.54, 1.807) is 0 Å². The molecule has 3 rings (SSSR count). The van der Waals surface area contributed by atoms with E-state index in [0.717, 1.165) is 6.54 Å². The zero-order chi connectivity index (χ0) is 13.5. The number of rotatable bonds is 2. The lowest BCUT2D eigenvalue weighted by molar-refractivity contribution is -0.00693. The zero-order valence-electron chi connectivity index (χ0n) is 12.5. The monoisotopic (exact) mass is 258 g/mol. The highest BCUT2D eigenvalue weighted by atomic mass is 15.4. The Morgan fingerprint density at radius 1 is 1.05 bits per heavy atom. The summed E-state index contributed by atoms with van der Waals surface area (Å²) in [6.07, 6.45) is 2.77. The number of piperazine rings is 1. The van der Waals surface area contributed by atoms with E-state index in [0.29, 0.717) is 11.1 Å². The Balaban J connectivity index is 1.67. The summed E-state index contributed by atoms with van der Waals surface area (Å²) < 4.78 is 0. The average molecular weight is 258 g/mol. The first kappa shape index (κ1) is 13.1. The molecule has 0 unspecified atom stereocenters. The molecular weight excluding hydrogens is 232 g/mol. The van der Waals surface area contributed by atoms with Crippen LogP contribution in [0.4, 0.5) is 0 Å². The molecule has 0 aromatic heterocycles. The van der Waals surface area contributed by atoms with E-state index in [1.165, 1.54) is 38.0 Å². The number of hydrogen-bond donors (Lipinski definition) is 0. The Morgan fingerprint density at radius 3 is 2.32 bits per heavy atom. The van der Waals surface area contributed by atoms with Crippen molar-refractivity contribution in [1.82, 2.24) is 9.80 Å². The van der Waals surface area contributed by atoms with Gasteiger partial charge in [-0.25, -0.2) is 0 Å². The number of hydrogen-bond acceptors (Lipinski definition) is 2. The van der Waals surface area contributed by atoms with Crippen molar-refractivity contribution in [2.24, 2.45) is 0 Å². The van der Waals surface area contributed by atoms with Gasteiger partial charge in [-0.1, -0.05) is 30.3 Å². The van der Waals surface area contributed by atoms with Crippen LogP contribution in [-0.2, 0) is 6.54 Å². The van der Waals surface area contributed by atoms with Crippen LogP contribution in [-0.4, -0.2) is 40.5 Å². The molecular formula is C17H26N2. The summed E-state index contributed by atoms with van der Waals surface area (Å²) in [5, 5.41) is 0. The topological polar surface area (TPSA) is 6.48 Å². The summed E-state index contributed by atoms with van der Waals surface area (Å²) in [7, 11) is 0. The van der Waals surface area contributed by atoms with Crippen LogP contribution in [0, 0.1) is 0 Å². The maximum Gasteiger partial charge on any atom is 0.0343 e. The molecule has 1 spiro atoms. The van der Waals surface area contributed by atoms with Crippen LogP contribution in [0.3, 0.4) is 0 Å². The standard InChI is InChI=1S/C17H26N2/c1-16(2,3)19-12-11-18(14-17(19)9-10-17)13-15-7-5-4-6-8-15/h4-8H,9-14H2,1-3H3. The average Bonchev–Trinajstić information content (AvgIpc) is 3.08. The minimum atomic E-state index is 0.315. The molecule has 1 saturated heterocycles. The molecule has 1 aliphatic heterocycles. The molecule has 2 heteroatoms. The van der Waals surface area contributed by atoms with E-state index in [4.69, 9.17) is 0 Å². The SMILES string of the molecule is CC(C)(C)N1CCN(Cc2ccccc2)CC12CC2. The third-order valence-electron chi connectivity index (χ3n) is 4.62. The first-order chi connectivity index (χ1) is 9.00. The largest absolute Gasteiger partial charge is 0.296 e. The van der Waals surface area contributed by atoms with E-state index < -0.39 is 0 Å². The highest BCUT2D eigenvalue weighted by Gasteiger charge is 2.53. The fraction of sp³-hybridized carbons (Fsp3) is 0.647. The van der Waals surface area contributed by atoms with E-state index in [2.05, 4.69) is 60.9 Å². The van der Waals surface area contributed by atoms with Crippen molar-refractivity contribution in [2.75, 3.05) is 19.6 Å². The molecule has 0 atom stereocenters. The van der Waals surface area contributed by atoms with Gasteiger partial charge in [0.25, 0.3) is 0 Å². The number of nitrogens with zero attached hydrogens (tertiary/aromatic N) is 2. The molecule has 0 bridgehead atoms. The van der Waals surface area contributed by atoms with Gasteiger partial charge in [-0.3, -0.25) is 9.80 Å².